The zero-order valence-electron chi connectivity index (χ0n) is 10.4. The molecule has 1 rings (SSSR count). The molecular formula is C11H17N5O2S. The van der Waals surface area contributed by atoms with Gasteiger partial charge in [0.05, 0.1) is 25.1 Å². The number of pyridine rings is 1. The van der Waals surface area contributed by atoms with Gasteiger partial charge in [0, 0.05) is 25.0 Å². The lowest BCUT2D eigenvalue weighted by Crippen LogP contribution is -2.29. The quantitative estimate of drug-likeness (QED) is 0.290. The van der Waals surface area contributed by atoms with Crippen LogP contribution in [0.5, 0.6) is 0 Å². The van der Waals surface area contributed by atoms with Gasteiger partial charge in [0.1, 0.15) is 0 Å². The van der Waals surface area contributed by atoms with Gasteiger partial charge in [-0.3, -0.25) is 10.4 Å². The Labute approximate surface area is 116 Å². The molecule has 8 heteroatoms. The third-order valence-corrected chi connectivity index (χ3v) is 2.33. The standard InChI is InChI=1S/C11H17N5O2S/c12-11(19)15-14-8-9-7-10(1-2-13-9)16(3-5-17)4-6-18/h1-2,7-8,17-18H,3-6H2,(H3,12,15,19)/b14-8+. The molecule has 104 valence electrons. The smallest absolute Gasteiger partial charge is 0.184 e. The van der Waals surface area contributed by atoms with Crippen LogP contribution in [0.3, 0.4) is 0 Å². The van der Waals surface area contributed by atoms with Gasteiger partial charge in [-0.2, -0.15) is 5.10 Å². The van der Waals surface area contributed by atoms with Crippen molar-refractivity contribution >= 4 is 29.2 Å². The highest BCUT2D eigenvalue weighted by Crippen LogP contribution is 2.13. The van der Waals surface area contributed by atoms with Crippen molar-refractivity contribution in [2.45, 2.75) is 0 Å². The Morgan fingerprint density at radius 3 is 2.74 bits per heavy atom. The van der Waals surface area contributed by atoms with Gasteiger partial charge >= 0.3 is 0 Å². The van der Waals surface area contributed by atoms with E-state index in [1.807, 2.05) is 4.90 Å². The number of aromatic nitrogens is 1. The molecule has 0 saturated carbocycles. The third kappa shape index (κ3) is 5.60. The molecule has 0 fully saturated rings. The van der Waals surface area contributed by atoms with Gasteiger partial charge in [-0.05, 0) is 24.4 Å². The van der Waals surface area contributed by atoms with E-state index in [0.29, 0.717) is 18.8 Å². The van der Waals surface area contributed by atoms with Crippen LogP contribution in [-0.2, 0) is 0 Å². The lowest BCUT2D eigenvalue weighted by molar-refractivity contribution is 0.281. The summed E-state index contributed by atoms with van der Waals surface area (Å²) in [5.41, 5.74) is 9.13. The van der Waals surface area contributed by atoms with E-state index < -0.39 is 0 Å². The summed E-state index contributed by atoms with van der Waals surface area (Å²) in [7, 11) is 0. The first-order valence-electron chi connectivity index (χ1n) is 5.68. The maximum Gasteiger partial charge on any atom is 0.184 e. The van der Waals surface area contributed by atoms with Crippen LogP contribution in [0.1, 0.15) is 5.69 Å². The van der Waals surface area contributed by atoms with E-state index in [0.717, 1.165) is 5.69 Å². The molecule has 0 aliphatic heterocycles. The Hall–Kier alpha value is -1.77. The summed E-state index contributed by atoms with van der Waals surface area (Å²) >= 11 is 4.62. The van der Waals surface area contributed by atoms with Crippen LogP contribution in [-0.4, -0.2) is 52.8 Å². The van der Waals surface area contributed by atoms with Crippen LogP contribution in [0.25, 0.3) is 0 Å². The summed E-state index contributed by atoms with van der Waals surface area (Å²) in [5, 5.41) is 21.9. The SMILES string of the molecule is NC(=S)N/N=C/c1cc(N(CCO)CCO)ccn1. The molecule has 0 radical (unpaired) electrons. The van der Waals surface area contributed by atoms with E-state index in [4.69, 9.17) is 15.9 Å². The third-order valence-electron chi connectivity index (χ3n) is 2.24. The molecule has 0 spiro atoms. The van der Waals surface area contributed by atoms with Gasteiger partial charge in [0.15, 0.2) is 5.11 Å². The topological polar surface area (TPSA) is 107 Å². The van der Waals surface area contributed by atoms with Crippen LogP contribution in [0.15, 0.2) is 23.4 Å². The predicted octanol–water partition coefficient (Wildman–Crippen LogP) is -0.960. The fourth-order valence-corrected chi connectivity index (χ4v) is 1.53. The van der Waals surface area contributed by atoms with E-state index in [9.17, 15) is 0 Å². The number of hydrogen-bond acceptors (Lipinski definition) is 6. The summed E-state index contributed by atoms with van der Waals surface area (Å²) in [6.07, 6.45) is 3.11. The van der Waals surface area contributed by atoms with Gasteiger partial charge < -0.3 is 20.8 Å². The zero-order chi connectivity index (χ0) is 14.1. The second kappa shape index (κ2) is 8.35. The number of thiocarbonyl (C=S) groups is 1. The van der Waals surface area contributed by atoms with Gasteiger partial charge in [-0.15, -0.1) is 0 Å². The molecule has 0 saturated heterocycles. The number of rotatable bonds is 7. The maximum absolute atomic E-state index is 8.99. The first kappa shape index (κ1) is 15.3. The fourth-order valence-electron chi connectivity index (χ4n) is 1.48. The van der Waals surface area contributed by atoms with Crippen molar-refractivity contribution in [1.82, 2.24) is 10.4 Å². The first-order valence-corrected chi connectivity index (χ1v) is 6.09. The van der Waals surface area contributed by atoms with Gasteiger partial charge in [-0.1, -0.05) is 0 Å². The highest BCUT2D eigenvalue weighted by atomic mass is 32.1. The summed E-state index contributed by atoms with van der Waals surface area (Å²) < 4.78 is 0. The molecule has 0 bridgehead atoms. The van der Waals surface area contributed by atoms with E-state index in [2.05, 4.69) is 27.7 Å². The number of hydrazone groups is 1. The molecule has 19 heavy (non-hydrogen) atoms. The highest BCUT2D eigenvalue weighted by molar-refractivity contribution is 7.80. The van der Waals surface area contributed by atoms with E-state index in [1.54, 1.807) is 18.3 Å². The van der Waals surface area contributed by atoms with Gasteiger partial charge in [-0.25, -0.2) is 0 Å². The van der Waals surface area contributed by atoms with Crippen molar-refractivity contribution in [2.75, 3.05) is 31.2 Å². The van der Waals surface area contributed by atoms with Crippen molar-refractivity contribution in [3.63, 3.8) is 0 Å². The average Bonchev–Trinajstić information content (AvgIpc) is 2.38. The van der Waals surface area contributed by atoms with Crippen molar-refractivity contribution in [3.05, 3.63) is 24.0 Å². The average molecular weight is 283 g/mol. The second-order valence-electron chi connectivity index (χ2n) is 3.61. The molecule has 0 aliphatic rings. The van der Waals surface area contributed by atoms with Gasteiger partial charge in [0.2, 0.25) is 0 Å². The number of nitrogens with two attached hydrogens (primary N) is 1. The van der Waals surface area contributed by atoms with E-state index in [-0.39, 0.29) is 18.3 Å². The Bertz CT molecular complexity index is 435. The van der Waals surface area contributed by atoms with Crippen molar-refractivity contribution in [1.29, 1.82) is 0 Å². The van der Waals surface area contributed by atoms with Gasteiger partial charge in [0.25, 0.3) is 0 Å². The molecule has 1 aromatic rings. The normalized spacial score (nSPS) is 10.6. The number of anilines is 1. The minimum absolute atomic E-state index is 0.00868. The minimum atomic E-state index is 0.00868. The van der Waals surface area contributed by atoms with Crippen LogP contribution in [0.2, 0.25) is 0 Å². The highest BCUT2D eigenvalue weighted by Gasteiger charge is 2.05. The summed E-state index contributed by atoms with van der Waals surface area (Å²) in [5.74, 6) is 0. The first-order chi connectivity index (χ1) is 9.17. The fraction of sp³-hybridized carbons (Fsp3) is 0.364. The number of aliphatic hydroxyl groups is 2. The number of hydrogen-bond donors (Lipinski definition) is 4. The lowest BCUT2D eigenvalue weighted by Gasteiger charge is -2.22. The number of nitrogens with zero attached hydrogens (tertiary/aromatic N) is 3. The maximum atomic E-state index is 8.99. The Morgan fingerprint density at radius 1 is 1.47 bits per heavy atom. The Balaban J connectivity index is 2.79. The van der Waals surface area contributed by atoms with Crippen molar-refractivity contribution in [2.24, 2.45) is 10.8 Å². The molecule has 0 aromatic carbocycles. The molecular weight excluding hydrogens is 266 g/mol. The largest absolute Gasteiger partial charge is 0.395 e. The minimum Gasteiger partial charge on any atom is -0.395 e. The van der Waals surface area contributed by atoms with Crippen molar-refractivity contribution in [3.8, 4) is 0 Å². The number of aliphatic hydroxyl groups excluding tert-OH is 2. The van der Waals surface area contributed by atoms with Crippen molar-refractivity contribution < 1.29 is 10.2 Å². The van der Waals surface area contributed by atoms with Crippen LogP contribution in [0.4, 0.5) is 5.69 Å². The summed E-state index contributed by atoms with van der Waals surface area (Å²) in [6.45, 7) is 0.891. The molecule has 7 nitrogen and oxygen atoms in total. The zero-order valence-corrected chi connectivity index (χ0v) is 11.2. The molecule has 5 N–H and O–H groups in total. The second-order valence-corrected chi connectivity index (χ2v) is 4.05. The molecule has 0 amide bonds. The molecule has 1 heterocycles. The lowest BCUT2D eigenvalue weighted by atomic mass is 10.3. The Kier molecular flexibility index (Phi) is 6.72. The van der Waals surface area contributed by atoms with Crippen LogP contribution >= 0.6 is 12.2 Å². The predicted molar refractivity (Wildman–Crippen MR) is 78.1 cm³/mol. The molecule has 0 aliphatic carbocycles. The summed E-state index contributed by atoms with van der Waals surface area (Å²) in [4.78, 5) is 5.96. The van der Waals surface area contributed by atoms with Crippen LogP contribution in [0, 0.1) is 0 Å². The Morgan fingerprint density at radius 2 is 2.16 bits per heavy atom. The molecule has 1 aromatic heterocycles. The molecule has 0 atom stereocenters. The monoisotopic (exact) mass is 283 g/mol. The van der Waals surface area contributed by atoms with E-state index in [1.165, 1.54) is 6.21 Å². The van der Waals surface area contributed by atoms with Crippen LogP contribution < -0.4 is 16.1 Å². The summed E-state index contributed by atoms with van der Waals surface area (Å²) in [6, 6.07) is 3.58. The van der Waals surface area contributed by atoms with E-state index >= 15 is 0 Å². The number of nitrogens with one attached hydrogen (secondary N) is 1. The molecule has 0 unspecified atom stereocenters.